The zero-order valence-corrected chi connectivity index (χ0v) is 21.9. The number of halogens is 2. The second-order valence-corrected chi connectivity index (χ2v) is 9.45. The lowest BCUT2D eigenvalue weighted by atomic mass is 10.1. The number of hydrogen-bond donors (Lipinski definition) is 0. The van der Waals surface area contributed by atoms with Gasteiger partial charge in [-0.05, 0) is 48.0 Å². The zero-order valence-electron chi connectivity index (χ0n) is 20.4. The molecule has 0 saturated carbocycles. The van der Waals surface area contributed by atoms with E-state index in [-0.39, 0.29) is 28.6 Å². The largest absolute Gasteiger partial charge is 0.497 e. The van der Waals surface area contributed by atoms with Gasteiger partial charge in [-0.1, -0.05) is 65.7 Å². The summed E-state index contributed by atoms with van der Waals surface area (Å²) in [7, 11) is 1.55. The molecule has 0 unspecified atom stereocenters. The zero-order chi connectivity index (χ0) is 27.1. The van der Waals surface area contributed by atoms with Gasteiger partial charge >= 0.3 is 5.97 Å². The third-order valence-electron chi connectivity index (χ3n) is 6.26. The van der Waals surface area contributed by atoms with Crippen LogP contribution in [0.1, 0.15) is 26.3 Å². The van der Waals surface area contributed by atoms with Crippen molar-refractivity contribution in [2.75, 3.05) is 7.11 Å². The van der Waals surface area contributed by atoms with Crippen LogP contribution in [0.5, 0.6) is 17.2 Å². The van der Waals surface area contributed by atoms with Gasteiger partial charge in [-0.25, -0.2) is 4.79 Å². The summed E-state index contributed by atoms with van der Waals surface area (Å²) in [6.45, 7) is 0. The topological polar surface area (TPSA) is 75.0 Å². The van der Waals surface area contributed by atoms with Gasteiger partial charge < -0.3 is 18.6 Å². The predicted octanol–water partition coefficient (Wildman–Crippen LogP) is 8.25. The summed E-state index contributed by atoms with van der Waals surface area (Å²) in [6.07, 6.45) is 1.53. The Morgan fingerprint density at radius 3 is 2.49 bits per heavy atom. The number of carbonyl (C=O) groups excluding carboxylic acids is 2. The smallest absolute Gasteiger partial charge is 0.348 e. The van der Waals surface area contributed by atoms with Crippen molar-refractivity contribution in [3.8, 4) is 28.6 Å². The van der Waals surface area contributed by atoms with E-state index in [2.05, 4.69) is 0 Å². The number of allylic oxidation sites excluding steroid dienone is 1. The number of furan rings is 1. The van der Waals surface area contributed by atoms with Crippen molar-refractivity contribution in [1.82, 2.24) is 0 Å². The van der Waals surface area contributed by atoms with Crippen molar-refractivity contribution in [2.24, 2.45) is 0 Å². The van der Waals surface area contributed by atoms with E-state index >= 15 is 0 Å². The van der Waals surface area contributed by atoms with Crippen LogP contribution in [0.25, 0.3) is 28.4 Å². The molecule has 4 aromatic carbocycles. The fourth-order valence-corrected chi connectivity index (χ4v) is 4.72. The van der Waals surface area contributed by atoms with E-state index in [1.54, 1.807) is 55.6 Å². The summed E-state index contributed by atoms with van der Waals surface area (Å²) in [5.74, 6) is 0.531. The summed E-state index contributed by atoms with van der Waals surface area (Å²) in [6, 6.07) is 24.2. The Hall–Kier alpha value is -4.52. The summed E-state index contributed by atoms with van der Waals surface area (Å²) in [5.41, 5.74) is 2.37. The van der Waals surface area contributed by atoms with E-state index in [0.717, 1.165) is 5.56 Å². The molecule has 0 bridgehead atoms. The third-order valence-corrected chi connectivity index (χ3v) is 7.09. The Morgan fingerprint density at radius 1 is 0.897 bits per heavy atom. The second-order valence-electron chi connectivity index (χ2n) is 8.66. The first-order chi connectivity index (χ1) is 18.9. The minimum Gasteiger partial charge on any atom is -0.497 e. The number of rotatable bonds is 5. The highest BCUT2D eigenvalue weighted by molar-refractivity contribution is 6.43. The van der Waals surface area contributed by atoms with E-state index in [1.807, 2.05) is 30.3 Å². The number of fused-ring (bicyclic) bond motifs is 2. The maximum absolute atomic E-state index is 13.6. The second kappa shape index (κ2) is 9.98. The maximum Gasteiger partial charge on any atom is 0.348 e. The van der Waals surface area contributed by atoms with Gasteiger partial charge in [0.25, 0.3) is 0 Å². The number of benzene rings is 4. The molecule has 1 aliphatic heterocycles. The van der Waals surface area contributed by atoms with Gasteiger partial charge in [-0.3, -0.25) is 4.79 Å². The minimum atomic E-state index is -0.633. The molecular formula is C31H18Cl2O6. The van der Waals surface area contributed by atoms with E-state index in [0.29, 0.717) is 43.7 Å². The van der Waals surface area contributed by atoms with Gasteiger partial charge in [0.1, 0.15) is 34.2 Å². The van der Waals surface area contributed by atoms with Crippen molar-refractivity contribution in [3.05, 3.63) is 117 Å². The Balaban J connectivity index is 1.34. The van der Waals surface area contributed by atoms with E-state index in [1.165, 1.54) is 12.1 Å². The van der Waals surface area contributed by atoms with Gasteiger partial charge in [0.15, 0.2) is 5.76 Å². The first-order valence-electron chi connectivity index (χ1n) is 11.8. The number of ether oxygens (including phenoxy) is 3. The lowest BCUT2D eigenvalue weighted by molar-refractivity contribution is 0.0736. The molecule has 6 rings (SSSR count). The van der Waals surface area contributed by atoms with Crippen LogP contribution in [0.2, 0.25) is 10.0 Å². The Bertz CT molecular complexity index is 1800. The first-order valence-corrected chi connectivity index (χ1v) is 12.6. The van der Waals surface area contributed by atoms with E-state index in [4.69, 9.17) is 41.8 Å². The van der Waals surface area contributed by atoms with Gasteiger partial charge in [0, 0.05) is 17.0 Å². The van der Waals surface area contributed by atoms with Crippen LogP contribution in [0.3, 0.4) is 0 Å². The van der Waals surface area contributed by atoms with E-state index in [9.17, 15) is 9.59 Å². The first kappa shape index (κ1) is 24.8. The number of carbonyl (C=O) groups is 2. The third kappa shape index (κ3) is 4.54. The fourth-order valence-electron chi connectivity index (χ4n) is 4.36. The number of esters is 1. The highest BCUT2D eigenvalue weighted by Gasteiger charge is 2.29. The molecule has 0 fully saturated rings. The maximum atomic E-state index is 13.6. The Labute approximate surface area is 232 Å². The van der Waals surface area contributed by atoms with Crippen molar-refractivity contribution in [3.63, 3.8) is 0 Å². The van der Waals surface area contributed by atoms with Gasteiger partial charge in [-0.2, -0.15) is 0 Å². The highest BCUT2D eigenvalue weighted by atomic mass is 35.5. The van der Waals surface area contributed by atoms with Crippen LogP contribution in [-0.2, 0) is 0 Å². The molecule has 0 spiro atoms. The Kier molecular flexibility index (Phi) is 6.35. The molecule has 0 atom stereocenters. The summed E-state index contributed by atoms with van der Waals surface area (Å²) < 4.78 is 23.0. The summed E-state index contributed by atoms with van der Waals surface area (Å²) in [4.78, 5) is 26.5. The van der Waals surface area contributed by atoms with E-state index < -0.39 is 5.97 Å². The number of ketones is 1. The molecule has 192 valence electrons. The van der Waals surface area contributed by atoms with Crippen molar-refractivity contribution >= 4 is 52.0 Å². The molecule has 1 aliphatic rings. The lowest BCUT2D eigenvalue weighted by Crippen LogP contribution is -2.09. The van der Waals surface area contributed by atoms with Crippen LogP contribution >= 0.6 is 23.2 Å². The molecule has 2 heterocycles. The predicted molar refractivity (Wildman–Crippen MR) is 149 cm³/mol. The average molecular weight is 557 g/mol. The Morgan fingerprint density at radius 2 is 1.69 bits per heavy atom. The van der Waals surface area contributed by atoms with Crippen LogP contribution in [-0.4, -0.2) is 18.9 Å². The molecule has 8 heteroatoms. The number of Topliss-reactive ketones (excluding diaryl/α,β-unsaturated/α-hetero) is 1. The average Bonchev–Trinajstić information content (AvgIpc) is 3.48. The lowest BCUT2D eigenvalue weighted by Gasteiger charge is -2.07. The standard InChI is InChI=1S/C31H18Cl2O6/c1-36-19-11-13-24-22(15-19)27(30(39-24)17-6-3-2-4-7-17)31(35)37-20-10-12-21-25(16-20)38-26(29(21)34)14-18-8-5-9-23(32)28(18)33/h2-16H,1H3/b26-14-. The molecule has 6 nitrogen and oxygen atoms in total. The van der Waals surface area contributed by atoms with Crippen LogP contribution in [0.4, 0.5) is 0 Å². The van der Waals surface area contributed by atoms with Crippen molar-refractivity contribution in [2.45, 2.75) is 0 Å². The molecular weight excluding hydrogens is 539 g/mol. The van der Waals surface area contributed by atoms with Gasteiger partial charge in [0.2, 0.25) is 5.78 Å². The molecule has 0 N–H and O–H groups in total. The quantitative estimate of drug-likeness (QED) is 0.123. The van der Waals surface area contributed by atoms with Crippen LogP contribution in [0, 0.1) is 0 Å². The fraction of sp³-hybridized carbons (Fsp3) is 0.0323. The molecule has 0 amide bonds. The summed E-state index contributed by atoms with van der Waals surface area (Å²) >= 11 is 12.4. The minimum absolute atomic E-state index is 0.0805. The molecule has 0 saturated heterocycles. The molecule has 0 radical (unpaired) electrons. The molecule has 39 heavy (non-hydrogen) atoms. The number of hydrogen-bond acceptors (Lipinski definition) is 6. The highest BCUT2D eigenvalue weighted by Crippen LogP contribution is 2.39. The molecule has 1 aromatic heterocycles. The monoisotopic (exact) mass is 556 g/mol. The van der Waals surface area contributed by atoms with Crippen molar-refractivity contribution in [1.29, 1.82) is 0 Å². The van der Waals surface area contributed by atoms with Gasteiger partial charge in [0.05, 0.1) is 22.7 Å². The van der Waals surface area contributed by atoms with Crippen LogP contribution in [0.15, 0.2) is 95.1 Å². The SMILES string of the molecule is COc1ccc2oc(-c3ccccc3)c(C(=O)Oc3ccc4c(c3)O/C(=C\c3cccc(Cl)c3Cl)C4=O)c2c1. The normalized spacial score (nSPS) is 13.4. The summed E-state index contributed by atoms with van der Waals surface area (Å²) in [5, 5.41) is 1.23. The molecule has 5 aromatic rings. The number of methoxy groups -OCH3 is 1. The van der Waals surface area contributed by atoms with Crippen molar-refractivity contribution < 1.29 is 28.2 Å². The van der Waals surface area contributed by atoms with Gasteiger partial charge in [-0.15, -0.1) is 0 Å². The van der Waals surface area contributed by atoms with Crippen LogP contribution < -0.4 is 14.2 Å². The molecule has 0 aliphatic carbocycles.